The van der Waals surface area contributed by atoms with Crippen molar-refractivity contribution in [1.82, 2.24) is 14.7 Å². The predicted octanol–water partition coefficient (Wildman–Crippen LogP) is 2.73. The lowest BCUT2D eigenvalue weighted by Crippen LogP contribution is -2.25. The van der Waals surface area contributed by atoms with Crippen LogP contribution in [-0.2, 0) is 10.0 Å². The van der Waals surface area contributed by atoms with Crippen LogP contribution in [0.3, 0.4) is 0 Å². The summed E-state index contributed by atoms with van der Waals surface area (Å²) in [5.74, 6) is 0. The molecular weight excluding hydrogens is 286 g/mol. The van der Waals surface area contributed by atoms with E-state index in [0.717, 1.165) is 30.3 Å². The Morgan fingerprint density at radius 3 is 3.00 bits per heavy atom. The third-order valence-corrected chi connectivity index (χ3v) is 5.28. The number of allylic oxidation sites excluding steroid dienone is 1. The average molecular weight is 305 g/mol. The molecule has 1 aliphatic rings. The molecule has 1 heterocycles. The van der Waals surface area contributed by atoms with Gasteiger partial charge in [-0.05, 0) is 50.3 Å². The largest absolute Gasteiger partial charge is 0.345 e. The Bertz CT molecular complexity index is 762. The molecule has 0 spiro atoms. The van der Waals surface area contributed by atoms with Gasteiger partial charge < -0.3 is 4.98 Å². The maximum Gasteiger partial charge on any atom is 0.240 e. The summed E-state index contributed by atoms with van der Waals surface area (Å²) in [6.45, 7) is 0.454. The smallest absolute Gasteiger partial charge is 0.240 e. The summed E-state index contributed by atoms with van der Waals surface area (Å²) in [6, 6.07) is 4.92. The van der Waals surface area contributed by atoms with Gasteiger partial charge in [-0.3, -0.25) is 0 Å². The zero-order valence-corrected chi connectivity index (χ0v) is 12.6. The fourth-order valence-electron chi connectivity index (χ4n) is 2.64. The minimum atomic E-state index is -3.46. The number of aromatic amines is 1. The maximum absolute atomic E-state index is 12.3. The summed E-state index contributed by atoms with van der Waals surface area (Å²) in [5, 5.41) is 0. The van der Waals surface area contributed by atoms with Crippen molar-refractivity contribution in [2.45, 2.75) is 37.0 Å². The van der Waals surface area contributed by atoms with E-state index in [1.807, 2.05) is 0 Å². The van der Waals surface area contributed by atoms with Crippen LogP contribution in [0, 0.1) is 0 Å². The number of nitrogens with zero attached hydrogens (tertiary/aromatic N) is 1. The van der Waals surface area contributed by atoms with Crippen molar-refractivity contribution in [2.75, 3.05) is 6.54 Å². The van der Waals surface area contributed by atoms with Gasteiger partial charge in [-0.15, -0.1) is 0 Å². The minimum Gasteiger partial charge on any atom is -0.345 e. The molecule has 0 bridgehead atoms. The van der Waals surface area contributed by atoms with Crippen LogP contribution in [0.15, 0.2) is 41.1 Å². The van der Waals surface area contributed by atoms with E-state index in [2.05, 4.69) is 20.8 Å². The topological polar surface area (TPSA) is 74.8 Å². The SMILES string of the molecule is O=S(=O)(NCCC1=CCCCC1)c1ccc2nc[nH]c2c1. The number of rotatable bonds is 5. The summed E-state index contributed by atoms with van der Waals surface area (Å²) in [7, 11) is -3.46. The van der Waals surface area contributed by atoms with Crippen molar-refractivity contribution < 1.29 is 8.42 Å². The number of H-pyrrole nitrogens is 1. The molecule has 2 N–H and O–H groups in total. The van der Waals surface area contributed by atoms with Gasteiger partial charge in [0.2, 0.25) is 10.0 Å². The first kappa shape index (κ1) is 14.3. The molecule has 6 heteroatoms. The monoisotopic (exact) mass is 305 g/mol. The molecule has 1 aromatic carbocycles. The zero-order valence-electron chi connectivity index (χ0n) is 11.8. The number of aromatic nitrogens is 2. The Morgan fingerprint density at radius 2 is 2.19 bits per heavy atom. The molecule has 112 valence electrons. The van der Waals surface area contributed by atoms with E-state index in [1.165, 1.54) is 18.4 Å². The van der Waals surface area contributed by atoms with Crippen LogP contribution in [0.5, 0.6) is 0 Å². The fraction of sp³-hybridized carbons (Fsp3) is 0.400. The number of benzene rings is 1. The molecule has 1 aliphatic carbocycles. The molecule has 0 saturated heterocycles. The Kier molecular flexibility index (Phi) is 4.07. The van der Waals surface area contributed by atoms with E-state index in [1.54, 1.807) is 24.5 Å². The second-order valence-corrected chi connectivity index (χ2v) is 7.10. The number of fused-ring (bicyclic) bond motifs is 1. The van der Waals surface area contributed by atoms with Gasteiger partial charge in [0.05, 0.1) is 22.3 Å². The fourth-order valence-corrected chi connectivity index (χ4v) is 3.70. The second-order valence-electron chi connectivity index (χ2n) is 5.34. The molecule has 0 aliphatic heterocycles. The minimum absolute atomic E-state index is 0.275. The Hall–Kier alpha value is -1.66. The molecule has 1 aromatic heterocycles. The number of sulfonamides is 1. The van der Waals surface area contributed by atoms with Crippen molar-refractivity contribution in [1.29, 1.82) is 0 Å². The van der Waals surface area contributed by atoms with Gasteiger partial charge in [-0.1, -0.05) is 11.6 Å². The Labute approximate surface area is 124 Å². The molecule has 0 amide bonds. The van der Waals surface area contributed by atoms with Gasteiger partial charge in [0.1, 0.15) is 0 Å². The number of hydrogen-bond acceptors (Lipinski definition) is 3. The standard InChI is InChI=1S/C15H19N3O2S/c19-21(20,18-9-8-12-4-2-1-3-5-12)13-6-7-14-15(10-13)17-11-16-14/h4,6-7,10-11,18H,1-3,5,8-9H2,(H,16,17). The lowest BCUT2D eigenvalue weighted by Gasteiger charge is -2.13. The summed E-state index contributed by atoms with van der Waals surface area (Å²) in [4.78, 5) is 7.29. The highest BCUT2D eigenvalue weighted by Crippen LogP contribution is 2.20. The highest BCUT2D eigenvalue weighted by molar-refractivity contribution is 7.89. The van der Waals surface area contributed by atoms with E-state index >= 15 is 0 Å². The van der Waals surface area contributed by atoms with Crippen LogP contribution >= 0.6 is 0 Å². The van der Waals surface area contributed by atoms with E-state index in [-0.39, 0.29) is 4.90 Å². The van der Waals surface area contributed by atoms with Crippen LogP contribution in [0.4, 0.5) is 0 Å². The molecule has 0 unspecified atom stereocenters. The highest BCUT2D eigenvalue weighted by Gasteiger charge is 2.15. The van der Waals surface area contributed by atoms with Crippen LogP contribution in [0.1, 0.15) is 32.1 Å². The summed E-state index contributed by atoms with van der Waals surface area (Å²) < 4.78 is 27.2. The lowest BCUT2D eigenvalue weighted by atomic mass is 9.97. The molecular formula is C15H19N3O2S. The first-order valence-corrected chi connectivity index (χ1v) is 8.74. The van der Waals surface area contributed by atoms with Gasteiger partial charge in [-0.25, -0.2) is 18.1 Å². The molecule has 0 radical (unpaired) electrons. The summed E-state index contributed by atoms with van der Waals surface area (Å²) >= 11 is 0. The summed E-state index contributed by atoms with van der Waals surface area (Å²) in [6.07, 6.45) is 9.29. The van der Waals surface area contributed by atoms with E-state index in [9.17, 15) is 8.42 Å². The predicted molar refractivity (Wildman–Crippen MR) is 82.5 cm³/mol. The van der Waals surface area contributed by atoms with Crippen LogP contribution in [0.25, 0.3) is 11.0 Å². The Balaban J connectivity index is 1.66. The van der Waals surface area contributed by atoms with Gasteiger partial charge in [-0.2, -0.15) is 0 Å². The number of hydrogen-bond donors (Lipinski definition) is 2. The van der Waals surface area contributed by atoms with Gasteiger partial charge >= 0.3 is 0 Å². The van der Waals surface area contributed by atoms with Gasteiger partial charge in [0.15, 0.2) is 0 Å². The maximum atomic E-state index is 12.3. The molecule has 2 aromatic rings. The quantitative estimate of drug-likeness (QED) is 0.834. The average Bonchev–Trinajstić information content (AvgIpc) is 2.95. The first-order chi connectivity index (χ1) is 10.1. The Morgan fingerprint density at radius 1 is 1.29 bits per heavy atom. The molecule has 0 atom stereocenters. The van der Waals surface area contributed by atoms with Crippen molar-refractivity contribution in [2.24, 2.45) is 0 Å². The van der Waals surface area contributed by atoms with Crippen LogP contribution < -0.4 is 4.72 Å². The zero-order chi connectivity index (χ0) is 14.7. The van der Waals surface area contributed by atoms with E-state index in [4.69, 9.17) is 0 Å². The number of nitrogens with one attached hydrogen (secondary N) is 2. The normalized spacial score (nSPS) is 16.1. The van der Waals surface area contributed by atoms with Crippen molar-refractivity contribution in [3.63, 3.8) is 0 Å². The summed E-state index contributed by atoms with van der Waals surface area (Å²) in [5.41, 5.74) is 2.86. The third-order valence-electron chi connectivity index (χ3n) is 3.83. The third kappa shape index (κ3) is 3.33. The molecule has 0 fully saturated rings. The van der Waals surface area contributed by atoms with Crippen molar-refractivity contribution in [3.05, 3.63) is 36.2 Å². The van der Waals surface area contributed by atoms with Gasteiger partial charge in [0, 0.05) is 6.54 Å². The van der Waals surface area contributed by atoms with Crippen molar-refractivity contribution >= 4 is 21.1 Å². The van der Waals surface area contributed by atoms with E-state index < -0.39 is 10.0 Å². The molecule has 21 heavy (non-hydrogen) atoms. The second kappa shape index (κ2) is 5.99. The van der Waals surface area contributed by atoms with Crippen LogP contribution in [0.2, 0.25) is 0 Å². The number of imidazole rings is 1. The van der Waals surface area contributed by atoms with Crippen molar-refractivity contribution in [3.8, 4) is 0 Å². The first-order valence-electron chi connectivity index (χ1n) is 7.26. The highest BCUT2D eigenvalue weighted by atomic mass is 32.2. The van der Waals surface area contributed by atoms with Crippen LogP contribution in [-0.4, -0.2) is 24.9 Å². The molecule has 0 saturated carbocycles. The molecule has 3 rings (SSSR count). The van der Waals surface area contributed by atoms with Gasteiger partial charge in [0.25, 0.3) is 0 Å². The lowest BCUT2D eigenvalue weighted by molar-refractivity contribution is 0.579. The van der Waals surface area contributed by atoms with E-state index in [0.29, 0.717) is 6.54 Å². The molecule has 5 nitrogen and oxygen atoms in total.